The van der Waals surface area contributed by atoms with Crippen molar-refractivity contribution in [1.29, 1.82) is 0 Å². The van der Waals surface area contributed by atoms with Gasteiger partial charge in [-0.05, 0) is 30.3 Å². The Bertz CT molecular complexity index is 786. The number of amides is 1. The maximum Gasteiger partial charge on any atom is 0.254 e. The fraction of sp³-hybridized carbons (Fsp3) is 0.381. The average Bonchev–Trinajstić information content (AvgIpc) is 2.73. The van der Waals surface area contributed by atoms with Crippen LogP contribution in [0, 0.1) is 0 Å². The maximum absolute atomic E-state index is 12.8. The summed E-state index contributed by atoms with van der Waals surface area (Å²) in [5.74, 6) is 2.16. The van der Waals surface area contributed by atoms with E-state index in [1.54, 1.807) is 39.5 Å². The number of methoxy groups -OCH3 is 3. The van der Waals surface area contributed by atoms with Gasteiger partial charge >= 0.3 is 0 Å². The van der Waals surface area contributed by atoms with E-state index in [1.165, 1.54) is 10.5 Å². The molecule has 1 aliphatic rings. The standard InChI is InChI=1S/C21H26N2O4/c1-25-18-7-5-4-6-17(18)15-22-10-12-23(13-11-22)21(24)16-8-9-19(26-2)20(14-16)27-3/h4-9,14H,10-13,15H2,1-3H3/p+1. The van der Waals surface area contributed by atoms with Crippen molar-refractivity contribution < 1.29 is 23.9 Å². The van der Waals surface area contributed by atoms with Crippen LogP contribution in [0.2, 0.25) is 0 Å². The van der Waals surface area contributed by atoms with Crippen molar-refractivity contribution in [3.8, 4) is 17.2 Å². The molecule has 2 aromatic rings. The summed E-state index contributed by atoms with van der Waals surface area (Å²) in [5, 5.41) is 0. The number of nitrogens with one attached hydrogen (secondary N) is 1. The van der Waals surface area contributed by atoms with E-state index in [-0.39, 0.29) is 5.91 Å². The highest BCUT2D eigenvalue weighted by Gasteiger charge is 2.25. The van der Waals surface area contributed by atoms with Crippen LogP contribution in [0.3, 0.4) is 0 Å². The van der Waals surface area contributed by atoms with Crippen LogP contribution in [-0.4, -0.2) is 58.3 Å². The highest BCUT2D eigenvalue weighted by Crippen LogP contribution is 2.28. The molecule has 0 radical (unpaired) electrons. The SMILES string of the molecule is COc1ccccc1C[NH+]1CCN(C(=O)c2ccc(OC)c(OC)c2)CC1. The average molecular weight is 371 g/mol. The number of para-hydroxylation sites is 1. The number of hydrogen-bond acceptors (Lipinski definition) is 4. The van der Waals surface area contributed by atoms with Gasteiger partial charge in [0.2, 0.25) is 0 Å². The van der Waals surface area contributed by atoms with E-state index in [2.05, 4.69) is 6.07 Å². The summed E-state index contributed by atoms with van der Waals surface area (Å²) in [7, 11) is 4.86. The molecule has 1 aliphatic heterocycles. The molecule has 0 bridgehead atoms. The van der Waals surface area contributed by atoms with E-state index in [1.807, 2.05) is 23.1 Å². The number of carbonyl (C=O) groups is 1. The Morgan fingerprint density at radius 3 is 2.26 bits per heavy atom. The van der Waals surface area contributed by atoms with Gasteiger partial charge in [-0.1, -0.05) is 12.1 Å². The Kier molecular flexibility index (Phi) is 6.19. The molecule has 2 aromatic carbocycles. The summed E-state index contributed by atoms with van der Waals surface area (Å²) >= 11 is 0. The lowest BCUT2D eigenvalue weighted by Gasteiger charge is -2.32. The normalized spacial score (nSPS) is 14.7. The summed E-state index contributed by atoms with van der Waals surface area (Å²) < 4.78 is 16.0. The molecule has 0 atom stereocenters. The Morgan fingerprint density at radius 2 is 1.59 bits per heavy atom. The summed E-state index contributed by atoms with van der Waals surface area (Å²) in [6.07, 6.45) is 0. The van der Waals surface area contributed by atoms with Crippen molar-refractivity contribution in [2.45, 2.75) is 6.54 Å². The Morgan fingerprint density at radius 1 is 0.926 bits per heavy atom. The highest BCUT2D eigenvalue weighted by molar-refractivity contribution is 5.95. The van der Waals surface area contributed by atoms with Gasteiger partial charge in [-0.25, -0.2) is 0 Å². The fourth-order valence-corrected chi connectivity index (χ4v) is 3.47. The molecular weight excluding hydrogens is 344 g/mol. The monoisotopic (exact) mass is 371 g/mol. The minimum atomic E-state index is 0.0345. The minimum Gasteiger partial charge on any atom is -0.496 e. The van der Waals surface area contributed by atoms with Crippen LogP contribution in [0.15, 0.2) is 42.5 Å². The maximum atomic E-state index is 12.8. The van der Waals surface area contributed by atoms with E-state index >= 15 is 0 Å². The van der Waals surface area contributed by atoms with Crippen molar-refractivity contribution in [2.75, 3.05) is 47.5 Å². The molecule has 0 aliphatic carbocycles. The summed E-state index contributed by atoms with van der Waals surface area (Å²) in [6.45, 7) is 4.20. The lowest BCUT2D eigenvalue weighted by molar-refractivity contribution is -0.917. The molecule has 6 nitrogen and oxygen atoms in total. The number of nitrogens with zero attached hydrogens (tertiary/aromatic N) is 1. The highest BCUT2D eigenvalue weighted by atomic mass is 16.5. The first kappa shape index (κ1) is 19.0. The molecule has 0 saturated carbocycles. The van der Waals surface area contributed by atoms with Crippen LogP contribution in [0.1, 0.15) is 15.9 Å². The predicted octanol–water partition coefficient (Wildman–Crippen LogP) is 1.25. The van der Waals surface area contributed by atoms with Crippen LogP contribution in [0.25, 0.3) is 0 Å². The molecule has 1 saturated heterocycles. The summed E-state index contributed by atoms with van der Waals surface area (Å²) in [4.78, 5) is 16.2. The van der Waals surface area contributed by atoms with E-state index in [9.17, 15) is 4.79 Å². The van der Waals surface area contributed by atoms with E-state index < -0.39 is 0 Å². The van der Waals surface area contributed by atoms with E-state index in [0.717, 1.165) is 38.5 Å². The van der Waals surface area contributed by atoms with Crippen LogP contribution in [-0.2, 0) is 6.54 Å². The van der Waals surface area contributed by atoms with Gasteiger partial charge in [0.15, 0.2) is 11.5 Å². The Hall–Kier alpha value is -2.73. The van der Waals surface area contributed by atoms with Crippen molar-refractivity contribution in [3.63, 3.8) is 0 Å². The number of rotatable bonds is 6. The number of piperazine rings is 1. The molecule has 0 unspecified atom stereocenters. The zero-order valence-corrected chi connectivity index (χ0v) is 16.2. The van der Waals surface area contributed by atoms with Crippen molar-refractivity contribution in [1.82, 2.24) is 4.90 Å². The van der Waals surface area contributed by atoms with E-state index in [4.69, 9.17) is 14.2 Å². The number of carbonyl (C=O) groups excluding carboxylic acids is 1. The molecule has 0 aromatic heterocycles. The molecule has 3 rings (SSSR count). The number of quaternary nitrogens is 1. The van der Waals surface area contributed by atoms with Gasteiger partial charge in [-0.15, -0.1) is 0 Å². The molecular formula is C21H27N2O4+. The van der Waals surface area contributed by atoms with Crippen LogP contribution >= 0.6 is 0 Å². The second-order valence-corrected chi connectivity index (χ2v) is 6.60. The van der Waals surface area contributed by atoms with Crippen LogP contribution < -0.4 is 19.1 Å². The Labute approximate surface area is 160 Å². The Balaban J connectivity index is 1.61. The van der Waals surface area contributed by atoms with Crippen molar-refractivity contribution >= 4 is 5.91 Å². The fourth-order valence-electron chi connectivity index (χ4n) is 3.47. The molecule has 1 N–H and O–H groups in total. The first-order valence-electron chi connectivity index (χ1n) is 9.13. The quantitative estimate of drug-likeness (QED) is 0.831. The first-order valence-corrected chi connectivity index (χ1v) is 9.13. The molecule has 1 amide bonds. The molecule has 144 valence electrons. The predicted molar refractivity (Wildman–Crippen MR) is 103 cm³/mol. The number of benzene rings is 2. The van der Waals surface area contributed by atoms with Crippen LogP contribution in [0.4, 0.5) is 0 Å². The third kappa shape index (κ3) is 4.34. The lowest BCUT2D eigenvalue weighted by atomic mass is 10.1. The van der Waals surface area contributed by atoms with Gasteiger partial charge in [0.1, 0.15) is 12.3 Å². The summed E-state index contributed by atoms with van der Waals surface area (Å²) in [5.41, 5.74) is 1.83. The summed E-state index contributed by atoms with van der Waals surface area (Å²) in [6, 6.07) is 13.4. The number of ether oxygens (including phenoxy) is 3. The molecule has 6 heteroatoms. The number of hydrogen-bond donors (Lipinski definition) is 1. The third-order valence-electron chi connectivity index (χ3n) is 5.02. The molecule has 0 spiro atoms. The van der Waals surface area contributed by atoms with Crippen molar-refractivity contribution in [2.24, 2.45) is 0 Å². The minimum absolute atomic E-state index is 0.0345. The zero-order chi connectivity index (χ0) is 19.2. The second-order valence-electron chi connectivity index (χ2n) is 6.60. The molecule has 27 heavy (non-hydrogen) atoms. The smallest absolute Gasteiger partial charge is 0.254 e. The topological polar surface area (TPSA) is 52.4 Å². The van der Waals surface area contributed by atoms with Gasteiger partial charge < -0.3 is 24.0 Å². The first-order chi connectivity index (χ1) is 13.2. The van der Waals surface area contributed by atoms with Gasteiger partial charge in [-0.2, -0.15) is 0 Å². The van der Waals surface area contributed by atoms with Gasteiger partial charge in [-0.3, -0.25) is 4.79 Å². The molecule has 1 fully saturated rings. The second kappa shape index (κ2) is 8.77. The van der Waals surface area contributed by atoms with Gasteiger partial charge in [0.25, 0.3) is 5.91 Å². The molecule has 1 heterocycles. The van der Waals surface area contributed by atoms with Crippen LogP contribution in [0.5, 0.6) is 17.2 Å². The van der Waals surface area contributed by atoms with E-state index in [0.29, 0.717) is 17.1 Å². The third-order valence-corrected chi connectivity index (χ3v) is 5.02. The largest absolute Gasteiger partial charge is 0.496 e. The van der Waals surface area contributed by atoms with Crippen molar-refractivity contribution in [3.05, 3.63) is 53.6 Å². The zero-order valence-electron chi connectivity index (χ0n) is 16.2. The lowest BCUT2D eigenvalue weighted by Crippen LogP contribution is -3.13. The van der Waals surface area contributed by atoms with Gasteiger partial charge in [0.05, 0.1) is 47.5 Å². The van der Waals surface area contributed by atoms with Gasteiger partial charge in [0, 0.05) is 11.1 Å².